The Labute approximate surface area is 194 Å². The third-order valence-corrected chi connectivity index (χ3v) is 5.55. The van der Waals surface area contributed by atoms with E-state index < -0.39 is 23.8 Å². The van der Waals surface area contributed by atoms with Gasteiger partial charge in [-0.25, -0.2) is 14.3 Å². The Hall–Kier alpha value is -3.99. The Morgan fingerprint density at radius 3 is 2.56 bits per heavy atom. The van der Waals surface area contributed by atoms with Crippen molar-refractivity contribution < 1.29 is 18.8 Å². The molecule has 0 amide bonds. The minimum atomic E-state index is -0.729. The zero-order valence-corrected chi connectivity index (χ0v) is 19.2. The molecular weight excluding hydrogens is 442 g/mol. The van der Waals surface area contributed by atoms with Crippen LogP contribution >= 0.6 is 0 Å². The van der Waals surface area contributed by atoms with Crippen LogP contribution in [-0.4, -0.2) is 43.5 Å². The second-order valence-electron chi connectivity index (χ2n) is 7.81. The predicted octanol–water partition coefficient (Wildman–Crippen LogP) is 1.40. The minimum Gasteiger partial charge on any atom is -0.459 e. The molecule has 0 saturated heterocycles. The van der Waals surface area contributed by atoms with Crippen LogP contribution in [0.3, 0.4) is 0 Å². The monoisotopic (exact) mass is 467 g/mol. The molecule has 1 aromatic carbocycles. The summed E-state index contributed by atoms with van der Waals surface area (Å²) in [6.07, 6.45) is 1.49. The van der Waals surface area contributed by atoms with Gasteiger partial charge in [-0.05, 0) is 19.4 Å². The highest BCUT2D eigenvalue weighted by Gasteiger charge is 2.21. The third-order valence-electron chi connectivity index (χ3n) is 5.55. The van der Waals surface area contributed by atoms with E-state index in [0.29, 0.717) is 30.2 Å². The summed E-state index contributed by atoms with van der Waals surface area (Å²) in [5, 5.41) is 3.83. The Morgan fingerprint density at radius 1 is 1.12 bits per heavy atom. The number of hydrogen-bond donors (Lipinski definition) is 0. The molecule has 0 saturated carbocycles. The topological polar surface area (TPSA) is 123 Å². The fourth-order valence-corrected chi connectivity index (χ4v) is 3.68. The number of ether oxygens (including phenoxy) is 2. The molecule has 0 N–H and O–H groups in total. The molecule has 0 fully saturated rings. The zero-order valence-electron chi connectivity index (χ0n) is 19.2. The van der Waals surface area contributed by atoms with E-state index in [-0.39, 0.29) is 24.3 Å². The first-order chi connectivity index (χ1) is 16.4. The summed E-state index contributed by atoms with van der Waals surface area (Å²) in [6.45, 7) is 3.74. The summed E-state index contributed by atoms with van der Waals surface area (Å²) in [6, 6.07) is 9.33. The van der Waals surface area contributed by atoms with Crippen molar-refractivity contribution in [2.75, 3.05) is 13.7 Å². The van der Waals surface area contributed by atoms with Gasteiger partial charge in [0.15, 0.2) is 11.2 Å². The van der Waals surface area contributed by atoms with Gasteiger partial charge in [0.2, 0.25) is 0 Å². The van der Waals surface area contributed by atoms with Crippen molar-refractivity contribution in [2.45, 2.75) is 40.1 Å². The van der Waals surface area contributed by atoms with Gasteiger partial charge in [0.05, 0.1) is 30.7 Å². The van der Waals surface area contributed by atoms with Crippen LogP contribution in [0.4, 0.5) is 0 Å². The van der Waals surface area contributed by atoms with Gasteiger partial charge in [-0.3, -0.25) is 14.2 Å². The average molecular weight is 467 g/mol. The molecule has 0 aliphatic heterocycles. The number of rotatable bonds is 9. The number of esters is 1. The van der Waals surface area contributed by atoms with Gasteiger partial charge in [-0.2, -0.15) is 0 Å². The number of imidazole rings is 1. The summed E-state index contributed by atoms with van der Waals surface area (Å²) in [5.74, 6) is -0.191. The summed E-state index contributed by atoms with van der Waals surface area (Å²) in [5.41, 5.74) is 1.30. The third kappa shape index (κ3) is 4.55. The molecule has 11 nitrogen and oxygen atoms in total. The van der Waals surface area contributed by atoms with Crippen molar-refractivity contribution in [3.8, 4) is 0 Å². The maximum absolute atomic E-state index is 13.3. The molecular formula is C23H25N5O6. The lowest BCUT2D eigenvalue weighted by atomic mass is 10.2. The van der Waals surface area contributed by atoms with E-state index >= 15 is 0 Å². The Balaban J connectivity index is 1.72. The van der Waals surface area contributed by atoms with Crippen LogP contribution in [0.15, 0.2) is 50.8 Å². The van der Waals surface area contributed by atoms with Crippen molar-refractivity contribution in [2.24, 2.45) is 0 Å². The summed E-state index contributed by atoms with van der Waals surface area (Å²) < 4.78 is 19.4. The number of aryl methyl sites for hydroxylation is 2. The fraction of sp³-hybridized carbons (Fsp3) is 0.348. The van der Waals surface area contributed by atoms with Crippen LogP contribution in [0.1, 0.15) is 22.6 Å². The smallest absolute Gasteiger partial charge is 0.333 e. The van der Waals surface area contributed by atoms with Gasteiger partial charge in [-0.1, -0.05) is 35.5 Å². The normalized spacial score (nSPS) is 11.3. The van der Waals surface area contributed by atoms with E-state index in [1.54, 1.807) is 25.5 Å². The Morgan fingerprint density at radius 2 is 1.88 bits per heavy atom. The first-order valence-electron chi connectivity index (χ1n) is 10.7. The van der Waals surface area contributed by atoms with Crippen LogP contribution in [0.5, 0.6) is 0 Å². The van der Waals surface area contributed by atoms with E-state index in [1.165, 1.54) is 10.9 Å². The van der Waals surface area contributed by atoms with Gasteiger partial charge in [0.25, 0.3) is 5.56 Å². The van der Waals surface area contributed by atoms with E-state index in [2.05, 4.69) is 10.1 Å². The first kappa shape index (κ1) is 23.2. The number of fused-ring (bicyclic) bond motifs is 1. The average Bonchev–Trinajstić information content (AvgIpc) is 3.40. The lowest BCUT2D eigenvalue weighted by Gasteiger charge is -2.13. The van der Waals surface area contributed by atoms with Crippen LogP contribution < -0.4 is 11.2 Å². The molecule has 0 bridgehead atoms. The van der Waals surface area contributed by atoms with Gasteiger partial charge in [-0.15, -0.1) is 0 Å². The standard InChI is InChI=1S/C23H25N5O6/c1-15-18(16(2)34-25-15)13-33-19(29)12-28-22(30)20-21(24-14-26(20)9-10-32-3)27(23(28)31)11-17-7-5-4-6-8-17/h4-8,14H,9-13H2,1-3H3. The minimum absolute atomic E-state index is 0.0685. The summed E-state index contributed by atoms with van der Waals surface area (Å²) in [7, 11) is 1.55. The second kappa shape index (κ2) is 9.87. The SMILES string of the molecule is COCCn1cnc2c1c(=O)n(CC(=O)OCc1c(C)noc1C)c(=O)n2Cc1ccccc1. The van der Waals surface area contributed by atoms with Crippen LogP contribution in [0.2, 0.25) is 0 Å². The van der Waals surface area contributed by atoms with E-state index in [9.17, 15) is 14.4 Å². The first-order valence-corrected chi connectivity index (χ1v) is 10.7. The molecule has 3 aromatic heterocycles. The molecule has 0 aliphatic rings. The van der Waals surface area contributed by atoms with Crippen molar-refractivity contribution in [1.82, 2.24) is 23.8 Å². The van der Waals surface area contributed by atoms with Gasteiger partial charge in [0.1, 0.15) is 18.9 Å². The maximum atomic E-state index is 13.3. The molecule has 4 rings (SSSR count). The molecule has 4 aromatic rings. The number of hydrogen-bond acceptors (Lipinski definition) is 8. The number of carbonyl (C=O) groups excluding carboxylic acids is 1. The van der Waals surface area contributed by atoms with Crippen molar-refractivity contribution >= 4 is 17.1 Å². The van der Waals surface area contributed by atoms with E-state index in [4.69, 9.17) is 14.0 Å². The maximum Gasteiger partial charge on any atom is 0.333 e. The number of nitrogens with zero attached hydrogens (tertiary/aromatic N) is 5. The number of aromatic nitrogens is 5. The molecule has 0 spiro atoms. The summed E-state index contributed by atoms with van der Waals surface area (Å²) in [4.78, 5) is 43.6. The lowest BCUT2D eigenvalue weighted by molar-refractivity contribution is -0.145. The summed E-state index contributed by atoms with van der Waals surface area (Å²) >= 11 is 0. The highest BCUT2D eigenvalue weighted by molar-refractivity contribution is 5.72. The molecule has 34 heavy (non-hydrogen) atoms. The Bertz CT molecular complexity index is 1410. The molecule has 0 unspecified atom stereocenters. The second-order valence-corrected chi connectivity index (χ2v) is 7.81. The molecule has 178 valence electrons. The number of carbonyl (C=O) groups is 1. The lowest BCUT2D eigenvalue weighted by Crippen LogP contribution is -2.42. The quantitative estimate of drug-likeness (QED) is 0.339. The molecule has 0 aliphatic carbocycles. The van der Waals surface area contributed by atoms with Crippen molar-refractivity contribution in [1.29, 1.82) is 0 Å². The van der Waals surface area contributed by atoms with Gasteiger partial charge < -0.3 is 18.6 Å². The largest absolute Gasteiger partial charge is 0.459 e. The zero-order chi connectivity index (χ0) is 24.2. The van der Waals surface area contributed by atoms with Crippen LogP contribution in [0, 0.1) is 13.8 Å². The van der Waals surface area contributed by atoms with E-state index in [0.717, 1.165) is 10.1 Å². The van der Waals surface area contributed by atoms with Crippen LogP contribution in [-0.2, 0) is 40.5 Å². The molecule has 0 atom stereocenters. The molecule has 0 radical (unpaired) electrons. The highest BCUT2D eigenvalue weighted by atomic mass is 16.5. The fourth-order valence-electron chi connectivity index (χ4n) is 3.68. The van der Waals surface area contributed by atoms with Crippen molar-refractivity contribution in [3.05, 3.63) is 80.1 Å². The van der Waals surface area contributed by atoms with Crippen LogP contribution in [0.25, 0.3) is 11.2 Å². The van der Waals surface area contributed by atoms with Gasteiger partial charge in [0, 0.05) is 13.7 Å². The van der Waals surface area contributed by atoms with Gasteiger partial charge >= 0.3 is 11.7 Å². The van der Waals surface area contributed by atoms with Crippen molar-refractivity contribution in [3.63, 3.8) is 0 Å². The molecule has 3 heterocycles. The molecule has 11 heteroatoms. The van der Waals surface area contributed by atoms with E-state index in [1.807, 2.05) is 30.3 Å². The number of benzene rings is 1. The highest BCUT2D eigenvalue weighted by Crippen LogP contribution is 2.14. The predicted molar refractivity (Wildman–Crippen MR) is 121 cm³/mol. The number of methoxy groups -OCH3 is 1. The Kier molecular flexibility index (Phi) is 6.73.